The van der Waals surface area contributed by atoms with Crippen LogP contribution in [0.15, 0.2) is 5.38 Å². The van der Waals surface area contributed by atoms with E-state index in [9.17, 15) is 9.90 Å². The van der Waals surface area contributed by atoms with Gasteiger partial charge in [-0.25, -0.2) is 4.98 Å². The van der Waals surface area contributed by atoms with Crippen LogP contribution in [0, 0.1) is 5.92 Å². The van der Waals surface area contributed by atoms with Gasteiger partial charge in [0.15, 0.2) is 0 Å². The lowest BCUT2D eigenvalue weighted by Gasteiger charge is -2.36. The van der Waals surface area contributed by atoms with Crippen molar-refractivity contribution in [3.05, 3.63) is 16.1 Å². The number of rotatable bonds is 4. The van der Waals surface area contributed by atoms with Crippen LogP contribution in [-0.2, 0) is 17.8 Å². The first-order chi connectivity index (χ1) is 10.7. The normalized spacial score (nSPS) is 26.5. The molecule has 1 aliphatic carbocycles. The highest BCUT2D eigenvalue weighted by atomic mass is 32.1. The van der Waals surface area contributed by atoms with Gasteiger partial charge >= 0.3 is 0 Å². The number of carbonyl (C=O) groups excluding carboxylic acids is 1. The predicted molar refractivity (Wildman–Crippen MR) is 86.7 cm³/mol. The number of aromatic nitrogens is 1. The van der Waals surface area contributed by atoms with Gasteiger partial charge in [0.2, 0.25) is 5.91 Å². The molecule has 22 heavy (non-hydrogen) atoms. The fourth-order valence-corrected chi connectivity index (χ4v) is 4.14. The van der Waals surface area contributed by atoms with E-state index in [0.717, 1.165) is 64.1 Å². The molecule has 0 aromatic carbocycles. The van der Waals surface area contributed by atoms with E-state index in [2.05, 4.69) is 22.2 Å². The van der Waals surface area contributed by atoms with Crippen LogP contribution in [-0.4, -0.2) is 58.1 Å². The summed E-state index contributed by atoms with van der Waals surface area (Å²) < 4.78 is 0. The topological polar surface area (TPSA) is 56.7 Å². The summed E-state index contributed by atoms with van der Waals surface area (Å²) in [4.78, 5) is 21.4. The molecule has 1 saturated heterocycles. The lowest BCUT2D eigenvalue weighted by atomic mass is 10.0. The first-order valence-corrected chi connectivity index (χ1v) is 9.18. The quantitative estimate of drug-likeness (QED) is 0.912. The number of piperazine rings is 1. The fourth-order valence-electron chi connectivity index (χ4n) is 3.40. The minimum atomic E-state index is -0.423. The number of nitrogens with zero attached hydrogens (tertiary/aromatic N) is 3. The molecular formula is C16H25N3O2S. The van der Waals surface area contributed by atoms with Crippen molar-refractivity contribution in [1.29, 1.82) is 0 Å². The van der Waals surface area contributed by atoms with Crippen LogP contribution >= 0.6 is 11.3 Å². The highest BCUT2D eigenvalue weighted by Crippen LogP contribution is 2.27. The van der Waals surface area contributed by atoms with E-state index < -0.39 is 6.10 Å². The maximum Gasteiger partial charge on any atom is 0.228 e. The van der Waals surface area contributed by atoms with E-state index in [1.54, 1.807) is 11.3 Å². The number of aliphatic hydroxyl groups excluding tert-OH is 1. The average Bonchev–Trinajstić information content (AvgIpc) is 3.16. The largest absolute Gasteiger partial charge is 0.392 e. The van der Waals surface area contributed by atoms with Crippen molar-refractivity contribution in [2.45, 2.75) is 45.3 Å². The summed E-state index contributed by atoms with van der Waals surface area (Å²) in [5.41, 5.74) is 1.15. The number of aliphatic hydroxyl groups is 1. The predicted octanol–water partition coefficient (Wildman–Crippen LogP) is 1.51. The zero-order valence-electron chi connectivity index (χ0n) is 13.2. The molecule has 1 aromatic heterocycles. The molecule has 1 aliphatic heterocycles. The Morgan fingerprint density at radius 2 is 2.14 bits per heavy atom. The van der Waals surface area contributed by atoms with Crippen LogP contribution in [0.5, 0.6) is 0 Å². The third kappa shape index (κ3) is 3.50. The second-order valence-electron chi connectivity index (χ2n) is 6.29. The van der Waals surface area contributed by atoms with Gasteiger partial charge in [0, 0.05) is 38.1 Å². The van der Waals surface area contributed by atoms with Crippen molar-refractivity contribution in [3.63, 3.8) is 0 Å². The Morgan fingerprint density at radius 1 is 1.36 bits per heavy atom. The number of aryl methyl sites for hydroxylation is 1. The summed E-state index contributed by atoms with van der Waals surface area (Å²) in [5.74, 6) is 0.00350. The van der Waals surface area contributed by atoms with E-state index in [-0.39, 0.29) is 11.8 Å². The Balaban J connectivity index is 1.48. The Labute approximate surface area is 135 Å². The zero-order chi connectivity index (χ0) is 15.5. The Morgan fingerprint density at radius 3 is 2.73 bits per heavy atom. The summed E-state index contributed by atoms with van der Waals surface area (Å²) in [6.07, 6.45) is 3.17. The standard InChI is InChI=1S/C16H25N3O2S/c1-2-15-17-12(11-22-15)10-18-6-8-19(9-7-18)16(21)13-4-3-5-14(13)20/h11,13-14,20H,2-10H2,1H3. The van der Waals surface area contributed by atoms with Gasteiger partial charge in [-0.3, -0.25) is 9.69 Å². The van der Waals surface area contributed by atoms with Gasteiger partial charge in [0.05, 0.1) is 22.7 Å². The zero-order valence-corrected chi connectivity index (χ0v) is 14.0. The van der Waals surface area contributed by atoms with Gasteiger partial charge in [0.25, 0.3) is 0 Å². The molecule has 0 radical (unpaired) electrons. The smallest absolute Gasteiger partial charge is 0.228 e. The molecule has 1 aromatic rings. The summed E-state index contributed by atoms with van der Waals surface area (Å²) in [6.45, 7) is 6.34. The van der Waals surface area contributed by atoms with Crippen LogP contribution in [0.4, 0.5) is 0 Å². The highest BCUT2D eigenvalue weighted by molar-refractivity contribution is 7.09. The molecule has 3 rings (SSSR count). The van der Waals surface area contributed by atoms with Crippen molar-refractivity contribution in [3.8, 4) is 0 Å². The van der Waals surface area contributed by atoms with Crippen LogP contribution < -0.4 is 0 Å². The summed E-state index contributed by atoms with van der Waals surface area (Å²) >= 11 is 1.73. The molecule has 1 saturated carbocycles. The first kappa shape index (κ1) is 15.9. The van der Waals surface area contributed by atoms with E-state index in [0.29, 0.717) is 0 Å². The van der Waals surface area contributed by atoms with Crippen LogP contribution in [0.25, 0.3) is 0 Å². The third-order valence-corrected chi connectivity index (χ3v) is 5.81. The molecule has 1 N–H and O–H groups in total. The van der Waals surface area contributed by atoms with Crippen molar-refractivity contribution < 1.29 is 9.90 Å². The van der Waals surface area contributed by atoms with Gasteiger partial charge in [-0.05, 0) is 25.7 Å². The Kier molecular flexibility index (Phi) is 5.10. The molecule has 5 nitrogen and oxygen atoms in total. The molecule has 2 heterocycles. The number of hydrogen-bond acceptors (Lipinski definition) is 5. The van der Waals surface area contributed by atoms with Gasteiger partial charge < -0.3 is 10.0 Å². The molecular weight excluding hydrogens is 298 g/mol. The highest BCUT2D eigenvalue weighted by Gasteiger charge is 2.35. The van der Waals surface area contributed by atoms with Gasteiger partial charge in [-0.1, -0.05) is 6.92 Å². The summed E-state index contributed by atoms with van der Waals surface area (Å²) in [7, 11) is 0. The van der Waals surface area contributed by atoms with E-state index >= 15 is 0 Å². The number of hydrogen-bond donors (Lipinski definition) is 1. The molecule has 0 spiro atoms. The van der Waals surface area contributed by atoms with Crippen molar-refractivity contribution >= 4 is 17.2 Å². The maximum atomic E-state index is 12.5. The van der Waals surface area contributed by atoms with Crippen LogP contribution in [0.2, 0.25) is 0 Å². The van der Waals surface area contributed by atoms with Crippen molar-refractivity contribution in [2.24, 2.45) is 5.92 Å². The van der Waals surface area contributed by atoms with Crippen molar-refractivity contribution in [1.82, 2.24) is 14.8 Å². The van der Waals surface area contributed by atoms with E-state index in [4.69, 9.17) is 0 Å². The maximum absolute atomic E-state index is 12.5. The van der Waals surface area contributed by atoms with Gasteiger partial charge in [0.1, 0.15) is 0 Å². The molecule has 0 bridgehead atoms. The second-order valence-corrected chi connectivity index (χ2v) is 7.23. The third-order valence-electron chi connectivity index (χ3n) is 4.77. The molecule has 2 aliphatic rings. The van der Waals surface area contributed by atoms with Crippen molar-refractivity contribution in [2.75, 3.05) is 26.2 Å². The SMILES string of the molecule is CCc1nc(CN2CCN(C(=O)C3CCCC3O)CC2)cs1. The fraction of sp³-hybridized carbons (Fsp3) is 0.750. The average molecular weight is 323 g/mol. The van der Waals surface area contributed by atoms with E-state index in [1.807, 2.05) is 4.90 Å². The van der Waals surface area contributed by atoms with Crippen LogP contribution in [0.3, 0.4) is 0 Å². The molecule has 1 amide bonds. The number of thiazole rings is 1. The molecule has 2 atom stereocenters. The van der Waals surface area contributed by atoms with E-state index in [1.165, 1.54) is 5.01 Å². The van der Waals surface area contributed by atoms with Crippen LogP contribution in [0.1, 0.15) is 36.9 Å². The second kappa shape index (κ2) is 7.06. The van der Waals surface area contributed by atoms with Gasteiger partial charge in [-0.2, -0.15) is 0 Å². The minimum Gasteiger partial charge on any atom is -0.392 e. The molecule has 2 unspecified atom stereocenters. The Hall–Kier alpha value is -0.980. The Bertz CT molecular complexity index is 511. The molecule has 122 valence electrons. The lowest BCUT2D eigenvalue weighted by Crippen LogP contribution is -2.50. The molecule has 6 heteroatoms. The monoisotopic (exact) mass is 323 g/mol. The lowest BCUT2D eigenvalue weighted by molar-refractivity contribution is -0.140. The van der Waals surface area contributed by atoms with Gasteiger partial charge in [-0.15, -0.1) is 11.3 Å². The summed E-state index contributed by atoms with van der Waals surface area (Å²) in [6, 6.07) is 0. The molecule has 2 fully saturated rings. The number of amides is 1. The minimum absolute atomic E-state index is 0.155. The number of carbonyl (C=O) groups is 1. The first-order valence-electron chi connectivity index (χ1n) is 8.30. The summed E-state index contributed by atoms with van der Waals surface area (Å²) in [5, 5.41) is 13.2.